The Labute approximate surface area is 92.5 Å². The Morgan fingerprint density at radius 2 is 2.31 bits per heavy atom. The molecule has 2 heterocycles. The molecule has 1 N–H and O–H groups in total. The summed E-state index contributed by atoms with van der Waals surface area (Å²) in [4.78, 5) is 11.4. The number of aryl methyl sites for hydroxylation is 1. The van der Waals surface area contributed by atoms with Gasteiger partial charge in [-0.05, 0) is 13.1 Å². The SMILES string of the molecule is CNCc1cn(-c2ccn(C)c(=O)c2)nn1. The molecule has 84 valence electrons. The van der Waals surface area contributed by atoms with E-state index in [0.717, 1.165) is 11.4 Å². The summed E-state index contributed by atoms with van der Waals surface area (Å²) < 4.78 is 3.10. The average molecular weight is 219 g/mol. The Bertz CT molecular complexity index is 542. The molecule has 6 heteroatoms. The molecule has 16 heavy (non-hydrogen) atoms. The summed E-state index contributed by atoms with van der Waals surface area (Å²) in [7, 11) is 3.55. The molecule has 0 saturated heterocycles. The van der Waals surface area contributed by atoms with E-state index < -0.39 is 0 Å². The van der Waals surface area contributed by atoms with E-state index in [9.17, 15) is 4.79 Å². The molecule has 0 radical (unpaired) electrons. The normalized spacial score (nSPS) is 10.6. The van der Waals surface area contributed by atoms with E-state index in [-0.39, 0.29) is 5.56 Å². The first-order chi connectivity index (χ1) is 7.70. The van der Waals surface area contributed by atoms with Gasteiger partial charge in [-0.3, -0.25) is 4.79 Å². The van der Waals surface area contributed by atoms with Gasteiger partial charge in [-0.15, -0.1) is 5.10 Å². The topological polar surface area (TPSA) is 64.7 Å². The van der Waals surface area contributed by atoms with Gasteiger partial charge in [-0.25, -0.2) is 4.68 Å². The van der Waals surface area contributed by atoms with Crippen LogP contribution >= 0.6 is 0 Å². The van der Waals surface area contributed by atoms with Gasteiger partial charge in [0.15, 0.2) is 0 Å². The zero-order valence-corrected chi connectivity index (χ0v) is 9.21. The Morgan fingerprint density at radius 3 is 3.00 bits per heavy atom. The van der Waals surface area contributed by atoms with Gasteiger partial charge >= 0.3 is 0 Å². The second kappa shape index (κ2) is 4.28. The van der Waals surface area contributed by atoms with Crippen LogP contribution < -0.4 is 10.9 Å². The molecule has 2 aromatic rings. The van der Waals surface area contributed by atoms with Crippen LogP contribution in [-0.2, 0) is 13.6 Å². The number of hydrogen-bond donors (Lipinski definition) is 1. The lowest BCUT2D eigenvalue weighted by Crippen LogP contribution is -2.15. The Balaban J connectivity index is 2.35. The number of nitrogens with one attached hydrogen (secondary N) is 1. The van der Waals surface area contributed by atoms with Crippen molar-refractivity contribution < 1.29 is 0 Å². The lowest BCUT2D eigenvalue weighted by atomic mass is 10.4. The number of aromatic nitrogens is 4. The first-order valence-electron chi connectivity index (χ1n) is 4.93. The molecular weight excluding hydrogens is 206 g/mol. The molecule has 0 amide bonds. The highest BCUT2D eigenvalue weighted by molar-refractivity contribution is 5.27. The monoisotopic (exact) mass is 219 g/mol. The predicted octanol–water partition coefficient (Wildman–Crippen LogP) is -0.315. The van der Waals surface area contributed by atoms with Crippen LogP contribution in [0.3, 0.4) is 0 Å². The summed E-state index contributed by atoms with van der Waals surface area (Å²) in [5, 5.41) is 10.9. The Morgan fingerprint density at radius 1 is 1.50 bits per heavy atom. The number of hydrogen-bond acceptors (Lipinski definition) is 4. The zero-order chi connectivity index (χ0) is 11.5. The van der Waals surface area contributed by atoms with Crippen LogP contribution in [0, 0.1) is 0 Å². The van der Waals surface area contributed by atoms with Crippen LogP contribution in [0.2, 0.25) is 0 Å². The van der Waals surface area contributed by atoms with Gasteiger partial charge < -0.3 is 9.88 Å². The largest absolute Gasteiger partial charge is 0.318 e. The molecule has 0 aliphatic rings. The molecule has 0 spiro atoms. The van der Waals surface area contributed by atoms with Gasteiger partial charge in [0.1, 0.15) is 0 Å². The number of nitrogens with zero attached hydrogens (tertiary/aromatic N) is 4. The molecule has 0 aliphatic carbocycles. The van der Waals surface area contributed by atoms with Crippen molar-refractivity contribution >= 4 is 0 Å². The third kappa shape index (κ3) is 2.01. The Hall–Kier alpha value is -1.95. The van der Waals surface area contributed by atoms with Crippen LogP contribution in [0.25, 0.3) is 5.69 Å². The molecule has 0 saturated carbocycles. The minimum Gasteiger partial charge on any atom is -0.318 e. The predicted molar refractivity (Wildman–Crippen MR) is 59.4 cm³/mol. The maximum atomic E-state index is 11.4. The van der Waals surface area contributed by atoms with E-state index >= 15 is 0 Å². The van der Waals surface area contributed by atoms with E-state index in [4.69, 9.17) is 0 Å². The molecule has 2 aromatic heterocycles. The fourth-order valence-electron chi connectivity index (χ4n) is 1.37. The molecule has 0 aromatic carbocycles. The van der Waals surface area contributed by atoms with E-state index in [1.807, 2.05) is 13.1 Å². The van der Waals surface area contributed by atoms with Crippen molar-refractivity contribution in [1.29, 1.82) is 0 Å². The van der Waals surface area contributed by atoms with Crippen molar-refractivity contribution in [3.05, 3.63) is 40.6 Å². The third-order valence-corrected chi connectivity index (χ3v) is 2.25. The number of rotatable bonds is 3. The van der Waals surface area contributed by atoms with E-state index in [1.165, 1.54) is 10.6 Å². The lowest BCUT2D eigenvalue weighted by molar-refractivity contribution is 0.762. The smallest absolute Gasteiger partial charge is 0.252 e. The second-order valence-electron chi connectivity index (χ2n) is 3.52. The van der Waals surface area contributed by atoms with Crippen molar-refractivity contribution in [2.45, 2.75) is 6.54 Å². The minimum atomic E-state index is -0.0665. The first kappa shape index (κ1) is 10.6. The standard InChI is InChI=1S/C10H13N5O/c1-11-6-8-7-15(13-12-8)9-3-4-14(2)10(16)5-9/h3-5,7,11H,6H2,1-2H3. The highest BCUT2D eigenvalue weighted by Gasteiger charge is 2.02. The molecule has 0 atom stereocenters. The van der Waals surface area contributed by atoms with Gasteiger partial charge in [0.05, 0.1) is 17.6 Å². The second-order valence-corrected chi connectivity index (χ2v) is 3.52. The highest BCUT2D eigenvalue weighted by Crippen LogP contribution is 2.02. The van der Waals surface area contributed by atoms with Gasteiger partial charge in [0.2, 0.25) is 0 Å². The van der Waals surface area contributed by atoms with Crippen molar-refractivity contribution in [2.75, 3.05) is 7.05 Å². The molecule has 0 unspecified atom stereocenters. The highest BCUT2D eigenvalue weighted by atomic mass is 16.1. The van der Waals surface area contributed by atoms with E-state index in [1.54, 1.807) is 24.1 Å². The fourth-order valence-corrected chi connectivity index (χ4v) is 1.37. The fraction of sp³-hybridized carbons (Fsp3) is 0.300. The summed E-state index contributed by atoms with van der Waals surface area (Å²) >= 11 is 0. The number of pyridine rings is 1. The van der Waals surface area contributed by atoms with E-state index in [2.05, 4.69) is 15.6 Å². The quantitative estimate of drug-likeness (QED) is 0.768. The van der Waals surface area contributed by atoms with Gasteiger partial charge in [-0.2, -0.15) is 0 Å². The summed E-state index contributed by atoms with van der Waals surface area (Å²) in [6.07, 6.45) is 3.50. The lowest BCUT2D eigenvalue weighted by Gasteiger charge is -2.00. The minimum absolute atomic E-state index is 0.0665. The van der Waals surface area contributed by atoms with Crippen LogP contribution in [0.4, 0.5) is 0 Å². The molecule has 0 fully saturated rings. The molecule has 0 aliphatic heterocycles. The maximum Gasteiger partial charge on any atom is 0.252 e. The average Bonchev–Trinajstić information content (AvgIpc) is 2.71. The van der Waals surface area contributed by atoms with Gasteiger partial charge in [0.25, 0.3) is 5.56 Å². The summed E-state index contributed by atoms with van der Waals surface area (Å²) in [6, 6.07) is 3.34. The summed E-state index contributed by atoms with van der Waals surface area (Å²) in [5.74, 6) is 0. The van der Waals surface area contributed by atoms with E-state index in [0.29, 0.717) is 6.54 Å². The molecule has 6 nitrogen and oxygen atoms in total. The molecular formula is C10H13N5O. The van der Waals surface area contributed by atoms with Gasteiger partial charge in [0, 0.05) is 25.9 Å². The van der Waals surface area contributed by atoms with Crippen LogP contribution in [0.5, 0.6) is 0 Å². The van der Waals surface area contributed by atoms with Crippen molar-refractivity contribution in [3.63, 3.8) is 0 Å². The third-order valence-electron chi connectivity index (χ3n) is 2.25. The van der Waals surface area contributed by atoms with Crippen LogP contribution in [0.1, 0.15) is 5.69 Å². The zero-order valence-electron chi connectivity index (χ0n) is 9.21. The maximum absolute atomic E-state index is 11.4. The molecule has 0 bridgehead atoms. The van der Waals surface area contributed by atoms with Crippen molar-refractivity contribution in [1.82, 2.24) is 24.9 Å². The van der Waals surface area contributed by atoms with Crippen molar-refractivity contribution in [2.24, 2.45) is 7.05 Å². The van der Waals surface area contributed by atoms with Crippen LogP contribution in [-0.4, -0.2) is 26.6 Å². The summed E-state index contributed by atoms with van der Waals surface area (Å²) in [6.45, 7) is 0.658. The Kier molecular flexibility index (Phi) is 2.82. The van der Waals surface area contributed by atoms with Crippen molar-refractivity contribution in [3.8, 4) is 5.69 Å². The first-order valence-corrected chi connectivity index (χ1v) is 4.93. The van der Waals surface area contributed by atoms with Gasteiger partial charge in [-0.1, -0.05) is 5.21 Å². The molecule has 2 rings (SSSR count). The van der Waals surface area contributed by atoms with Crippen LogP contribution in [0.15, 0.2) is 29.3 Å². The summed E-state index contributed by atoms with van der Waals surface area (Å²) in [5.41, 5.74) is 1.49.